The van der Waals surface area contributed by atoms with Crippen molar-refractivity contribution in [2.24, 2.45) is 0 Å². The summed E-state index contributed by atoms with van der Waals surface area (Å²) in [6.07, 6.45) is 2.88. The second kappa shape index (κ2) is 8.71. The minimum atomic E-state index is -0.513. The maximum absolute atomic E-state index is 12.0. The van der Waals surface area contributed by atoms with Crippen molar-refractivity contribution in [2.45, 2.75) is 6.61 Å². The molecule has 0 fully saturated rings. The number of aromatic nitrogens is 1. The van der Waals surface area contributed by atoms with Gasteiger partial charge in [0.15, 0.2) is 0 Å². The second-order valence-electron chi connectivity index (χ2n) is 5.55. The molecule has 0 saturated carbocycles. The molecule has 0 aliphatic heterocycles. The number of carbonyl (C=O) groups excluding carboxylic acids is 1. The Morgan fingerprint density at radius 1 is 1.07 bits per heavy atom. The van der Waals surface area contributed by atoms with Crippen LogP contribution in [-0.4, -0.2) is 25.2 Å². The highest BCUT2D eigenvalue weighted by Crippen LogP contribution is 2.28. The van der Waals surface area contributed by atoms with Gasteiger partial charge in [-0.1, -0.05) is 36.4 Å². The van der Waals surface area contributed by atoms with Crippen LogP contribution in [0.1, 0.15) is 11.3 Å². The van der Waals surface area contributed by atoms with Crippen LogP contribution in [0.4, 0.5) is 0 Å². The Bertz CT molecular complexity index is 931. The van der Waals surface area contributed by atoms with E-state index >= 15 is 0 Å². The van der Waals surface area contributed by atoms with Gasteiger partial charge in [0.25, 0.3) is 0 Å². The van der Waals surface area contributed by atoms with Gasteiger partial charge in [-0.2, -0.15) is 0 Å². The maximum atomic E-state index is 12.0. The fourth-order valence-corrected chi connectivity index (χ4v) is 2.50. The Hall–Kier alpha value is -3.54. The molecular weight excluding hydrogens is 346 g/mol. The van der Waals surface area contributed by atoms with Gasteiger partial charge in [-0.15, -0.1) is 0 Å². The van der Waals surface area contributed by atoms with Crippen molar-refractivity contribution in [2.75, 3.05) is 14.2 Å². The molecule has 1 heterocycles. The molecule has 0 N–H and O–H groups in total. The van der Waals surface area contributed by atoms with Crippen LogP contribution >= 0.6 is 0 Å². The van der Waals surface area contributed by atoms with E-state index in [4.69, 9.17) is 18.6 Å². The molecule has 1 aromatic heterocycles. The monoisotopic (exact) mass is 365 g/mol. The van der Waals surface area contributed by atoms with Crippen molar-refractivity contribution in [3.05, 3.63) is 78.4 Å². The predicted molar refractivity (Wildman–Crippen MR) is 99.7 cm³/mol. The minimum Gasteiger partial charge on any atom is -0.503 e. The molecular formula is C21H19NO5. The van der Waals surface area contributed by atoms with E-state index in [0.717, 1.165) is 5.56 Å². The van der Waals surface area contributed by atoms with E-state index in [1.807, 2.05) is 36.4 Å². The van der Waals surface area contributed by atoms with E-state index in [9.17, 15) is 4.79 Å². The van der Waals surface area contributed by atoms with E-state index in [2.05, 4.69) is 4.98 Å². The Morgan fingerprint density at radius 2 is 1.81 bits per heavy atom. The predicted octanol–water partition coefficient (Wildman–Crippen LogP) is 4.08. The lowest BCUT2D eigenvalue weighted by Crippen LogP contribution is -2.07. The van der Waals surface area contributed by atoms with Crippen LogP contribution in [0.2, 0.25) is 0 Å². The van der Waals surface area contributed by atoms with Crippen LogP contribution in [0.25, 0.3) is 17.0 Å². The normalized spacial score (nSPS) is 11.1. The average Bonchev–Trinajstić information content (AvgIpc) is 3.20. The minimum absolute atomic E-state index is 0.189. The number of hydrogen-bond donors (Lipinski definition) is 0. The first kappa shape index (κ1) is 18.3. The summed E-state index contributed by atoms with van der Waals surface area (Å²) in [5, 5.41) is 0. The quantitative estimate of drug-likeness (QED) is 0.357. The molecule has 27 heavy (non-hydrogen) atoms. The van der Waals surface area contributed by atoms with Gasteiger partial charge < -0.3 is 18.6 Å². The Balaban J connectivity index is 1.78. The van der Waals surface area contributed by atoms with Crippen LogP contribution in [0, 0.1) is 0 Å². The lowest BCUT2D eigenvalue weighted by Gasteiger charge is -2.12. The highest BCUT2D eigenvalue weighted by molar-refractivity contribution is 6.16. The molecule has 3 rings (SSSR count). The molecule has 0 unspecified atom stereocenters. The lowest BCUT2D eigenvalue weighted by molar-refractivity contribution is -0.133. The van der Waals surface area contributed by atoms with Gasteiger partial charge in [0.2, 0.25) is 5.89 Å². The Labute approximate surface area is 157 Å². The van der Waals surface area contributed by atoms with Crippen LogP contribution < -0.4 is 4.74 Å². The third-order valence-corrected chi connectivity index (χ3v) is 3.77. The first-order chi connectivity index (χ1) is 13.2. The number of para-hydroxylation sites is 1. The number of methoxy groups -OCH3 is 2. The van der Waals surface area contributed by atoms with E-state index in [1.165, 1.54) is 20.5 Å². The van der Waals surface area contributed by atoms with E-state index in [1.54, 1.807) is 24.5 Å². The summed E-state index contributed by atoms with van der Waals surface area (Å²) in [7, 11) is 2.78. The number of ether oxygens (including phenoxy) is 3. The lowest BCUT2D eigenvalue weighted by atomic mass is 10.1. The van der Waals surface area contributed by atoms with Gasteiger partial charge in [-0.05, 0) is 18.2 Å². The van der Waals surface area contributed by atoms with Crippen LogP contribution in [-0.2, 0) is 20.9 Å². The molecule has 6 nitrogen and oxygen atoms in total. The number of hydrogen-bond acceptors (Lipinski definition) is 6. The summed E-state index contributed by atoms with van der Waals surface area (Å²) < 4.78 is 21.2. The number of nitrogens with zero attached hydrogens (tertiary/aromatic N) is 1. The summed E-state index contributed by atoms with van der Waals surface area (Å²) in [5.74, 6) is 0.521. The summed E-state index contributed by atoms with van der Waals surface area (Å²) >= 11 is 0. The van der Waals surface area contributed by atoms with E-state index in [-0.39, 0.29) is 12.2 Å². The van der Waals surface area contributed by atoms with Gasteiger partial charge in [-0.3, -0.25) is 0 Å². The van der Waals surface area contributed by atoms with Gasteiger partial charge >= 0.3 is 5.97 Å². The van der Waals surface area contributed by atoms with E-state index in [0.29, 0.717) is 22.9 Å². The van der Waals surface area contributed by atoms with Crippen molar-refractivity contribution in [3.63, 3.8) is 0 Å². The summed E-state index contributed by atoms with van der Waals surface area (Å²) in [6.45, 7) is 0.189. The summed E-state index contributed by atoms with van der Waals surface area (Å²) in [6, 6.07) is 16.8. The molecule has 0 bridgehead atoms. The molecule has 0 spiro atoms. The van der Waals surface area contributed by atoms with Crippen molar-refractivity contribution >= 4 is 11.5 Å². The van der Waals surface area contributed by atoms with Gasteiger partial charge in [0, 0.05) is 11.1 Å². The van der Waals surface area contributed by atoms with Crippen molar-refractivity contribution < 1.29 is 23.4 Å². The summed E-state index contributed by atoms with van der Waals surface area (Å²) in [5.41, 5.74) is 2.36. The fraction of sp³-hybridized carbons (Fsp3) is 0.143. The molecule has 0 radical (unpaired) electrons. The Morgan fingerprint density at radius 3 is 2.56 bits per heavy atom. The van der Waals surface area contributed by atoms with Crippen molar-refractivity contribution in [1.82, 2.24) is 4.98 Å². The molecule has 0 saturated heterocycles. The van der Waals surface area contributed by atoms with Gasteiger partial charge in [0.05, 0.1) is 20.5 Å². The molecule has 0 amide bonds. The highest BCUT2D eigenvalue weighted by atomic mass is 16.5. The number of rotatable bonds is 7. The number of esters is 1. The Kier molecular flexibility index (Phi) is 5.89. The third-order valence-electron chi connectivity index (χ3n) is 3.77. The zero-order chi connectivity index (χ0) is 19.1. The van der Waals surface area contributed by atoms with Crippen LogP contribution in [0.3, 0.4) is 0 Å². The highest BCUT2D eigenvalue weighted by Gasteiger charge is 2.18. The molecule has 0 aliphatic rings. The first-order valence-corrected chi connectivity index (χ1v) is 8.26. The van der Waals surface area contributed by atoms with Crippen molar-refractivity contribution in [1.29, 1.82) is 0 Å². The molecule has 2 aromatic carbocycles. The maximum Gasteiger partial charge on any atom is 0.341 e. The first-order valence-electron chi connectivity index (χ1n) is 8.26. The van der Waals surface area contributed by atoms with Crippen LogP contribution in [0.15, 0.2) is 71.5 Å². The summed E-state index contributed by atoms with van der Waals surface area (Å²) in [4.78, 5) is 16.5. The SMILES string of the molecule is COC=C(C(=O)OC)c1ccccc1OCc1coc(-c2ccccc2)n1. The van der Waals surface area contributed by atoms with Crippen molar-refractivity contribution in [3.8, 4) is 17.2 Å². The molecule has 3 aromatic rings. The second-order valence-corrected chi connectivity index (χ2v) is 5.55. The topological polar surface area (TPSA) is 70.8 Å². The number of oxazole rings is 1. The molecule has 138 valence electrons. The standard InChI is InChI=1S/C21H19NO5/c1-24-14-18(21(23)25-2)17-10-6-7-11-19(17)26-12-16-13-27-20(22-16)15-8-4-3-5-9-15/h3-11,13-14H,12H2,1-2H3. The largest absolute Gasteiger partial charge is 0.503 e. The number of benzene rings is 2. The third kappa shape index (κ3) is 4.36. The molecule has 6 heteroatoms. The smallest absolute Gasteiger partial charge is 0.341 e. The van der Waals surface area contributed by atoms with Crippen LogP contribution in [0.5, 0.6) is 5.75 Å². The van der Waals surface area contributed by atoms with Gasteiger partial charge in [0.1, 0.15) is 29.9 Å². The molecule has 0 atom stereocenters. The molecule has 0 aliphatic carbocycles. The zero-order valence-electron chi connectivity index (χ0n) is 15.0. The van der Waals surface area contributed by atoms with Gasteiger partial charge in [-0.25, -0.2) is 9.78 Å². The van der Waals surface area contributed by atoms with E-state index < -0.39 is 5.97 Å². The average molecular weight is 365 g/mol. The fourth-order valence-electron chi connectivity index (χ4n) is 2.50. The number of carbonyl (C=O) groups is 1. The zero-order valence-corrected chi connectivity index (χ0v) is 15.0.